The van der Waals surface area contributed by atoms with Crippen LogP contribution in [0.4, 0.5) is 16.0 Å². The number of nitrogens with one attached hydrogen (secondary N) is 1. The van der Waals surface area contributed by atoms with Crippen molar-refractivity contribution in [2.45, 2.75) is 50.8 Å². The summed E-state index contributed by atoms with van der Waals surface area (Å²) in [5.41, 5.74) is 4.30. The van der Waals surface area contributed by atoms with Crippen molar-refractivity contribution in [1.29, 1.82) is 10.5 Å². The highest BCUT2D eigenvalue weighted by atomic mass is 19.1. The minimum atomic E-state index is -1.44. The zero-order valence-electron chi connectivity index (χ0n) is 23.8. The number of anilines is 2. The molecular weight excluding hydrogens is 535 g/mol. The van der Waals surface area contributed by atoms with E-state index >= 15 is 0 Å². The summed E-state index contributed by atoms with van der Waals surface area (Å²) >= 11 is 0. The number of amides is 1. The second-order valence-corrected chi connectivity index (χ2v) is 10.9. The highest BCUT2D eigenvalue weighted by Crippen LogP contribution is 2.32. The number of halogens is 1. The zero-order chi connectivity index (χ0) is 29.6. The molecule has 2 fully saturated rings. The van der Waals surface area contributed by atoms with Crippen LogP contribution < -0.4 is 10.1 Å². The van der Waals surface area contributed by atoms with E-state index < -0.39 is 18.2 Å². The van der Waals surface area contributed by atoms with E-state index in [-0.39, 0.29) is 37.2 Å². The summed E-state index contributed by atoms with van der Waals surface area (Å²) in [7, 11) is 2.17. The normalized spacial score (nSPS) is 19.5. The van der Waals surface area contributed by atoms with E-state index in [1.54, 1.807) is 24.3 Å². The summed E-state index contributed by atoms with van der Waals surface area (Å²) in [5.74, 6) is 1.18. The first-order valence-corrected chi connectivity index (χ1v) is 14.1. The second-order valence-electron chi connectivity index (χ2n) is 10.9. The number of hydrogen-bond donors (Lipinski definition) is 1. The number of alkyl halides is 1. The Balaban J connectivity index is 1.26. The number of hydrogen-bond acceptors (Lipinski definition) is 9. The van der Waals surface area contributed by atoms with Crippen molar-refractivity contribution >= 4 is 17.5 Å². The van der Waals surface area contributed by atoms with Crippen LogP contribution in [0.25, 0.3) is 11.4 Å². The first-order chi connectivity index (χ1) is 20.3. The summed E-state index contributed by atoms with van der Waals surface area (Å²) in [6, 6.07) is 15.2. The summed E-state index contributed by atoms with van der Waals surface area (Å²) in [5, 5.41) is 21.8. The van der Waals surface area contributed by atoms with Crippen LogP contribution >= 0.6 is 0 Å². The van der Waals surface area contributed by atoms with Crippen LogP contribution in [0.1, 0.15) is 48.3 Å². The number of nitrogens with zero attached hydrogens (tertiary/aromatic N) is 7. The number of piperidine rings is 2. The quantitative estimate of drug-likeness (QED) is 0.438. The lowest BCUT2D eigenvalue weighted by atomic mass is 9.87. The molecule has 2 atom stereocenters. The van der Waals surface area contributed by atoms with Crippen LogP contribution in [-0.4, -0.2) is 76.2 Å². The van der Waals surface area contributed by atoms with Crippen molar-refractivity contribution in [3.8, 4) is 29.3 Å². The third-order valence-electron chi connectivity index (χ3n) is 7.96. The topological polar surface area (TPSA) is 131 Å². The third-order valence-corrected chi connectivity index (χ3v) is 7.96. The molecule has 1 aromatic heterocycles. The molecule has 3 aromatic rings. The molecule has 2 aromatic carbocycles. The van der Waals surface area contributed by atoms with E-state index in [4.69, 9.17) is 10.00 Å². The van der Waals surface area contributed by atoms with Crippen molar-refractivity contribution in [3.05, 3.63) is 59.4 Å². The van der Waals surface area contributed by atoms with Gasteiger partial charge in [-0.15, -0.1) is 0 Å². The molecular formula is C31H33FN8O2. The Labute approximate surface area is 244 Å². The molecule has 0 aliphatic carbocycles. The monoisotopic (exact) mass is 568 g/mol. The third kappa shape index (κ3) is 6.64. The van der Waals surface area contributed by atoms with Crippen molar-refractivity contribution in [2.24, 2.45) is 0 Å². The maximum absolute atomic E-state index is 14.8. The molecule has 42 heavy (non-hydrogen) atoms. The van der Waals surface area contributed by atoms with Gasteiger partial charge in [0.15, 0.2) is 12.0 Å². The molecule has 0 unspecified atom stereocenters. The summed E-state index contributed by atoms with van der Waals surface area (Å²) in [4.78, 5) is 28.7. The van der Waals surface area contributed by atoms with Gasteiger partial charge in [-0.2, -0.15) is 15.5 Å². The van der Waals surface area contributed by atoms with Crippen LogP contribution in [-0.2, 0) is 4.79 Å². The van der Waals surface area contributed by atoms with Gasteiger partial charge in [0.2, 0.25) is 11.9 Å². The number of rotatable bonds is 7. The summed E-state index contributed by atoms with van der Waals surface area (Å²) in [6.07, 6.45) is 1.46. The van der Waals surface area contributed by atoms with E-state index in [0.717, 1.165) is 31.6 Å². The number of aromatic nitrogens is 3. The number of carbonyl (C=O) groups excluding carboxylic acids is 1. The predicted octanol–water partition coefficient (Wildman–Crippen LogP) is 4.50. The highest BCUT2D eigenvalue weighted by molar-refractivity contribution is 5.78. The lowest BCUT2D eigenvalue weighted by molar-refractivity contribution is -0.134. The van der Waals surface area contributed by atoms with E-state index in [0.29, 0.717) is 23.3 Å². The molecule has 11 heteroatoms. The average molecular weight is 569 g/mol. The van der Waals surface area contributed by atoms with Gasteiger partial charge >= 0.3 is 0 Å². The number of ether oxygens (including phenoxy) is 1. The van der Waals surface area contributed by atoms with Gasteiger partial charge in [0.05, 0.1) is 18.2 Å². The molecule has 3 heterocycles. The Morgan fingerprint density at radius 1 is 1.12 bits per heavy atom. The van der Waals surface area contributed by atoms with Crippen LogP contribution in [0.5, 0.6) is 5.75 Å². The Bertz CT molecular complexity index is 1530. The van der Waals surface area contributed by atoms with Gasteiger partial charge in [-0.05, 0) is 87.3 Å². The number of aryl methyl sites for hydroxylation is 1. The fourth-order valence-electron chi connectivity index (χ4n) is 5.60. The Morgan fingerprint density at radius 2 is 1.93 bits per heavy atom. The van der Waals surface area contributed by atoms with Gasteiger partial charge in [0, 0.05) is 24.2 Å². The van der Waals surface area contributed by atoms with E-state index in [1.165, 1.54) is 22.4 Å². The maximum Gasteiger partial charge on any atom is 0.236 e. The highest BCUT2D eigenvalue weighted by Gasteiger charge is 2.33. The van der Waals surface area contributed by atoms with E-state index in [9.17, 15) is 14.4 Å². The summed E-state index contributed by atoms with van der Waals surface area (Å²) < 4.78 is 20.7. The molecule has 216 valence electrons. The SMILES string of the molecule is Cc1cc(Nc2ncnc(-c3ccc(O[C@H]4CCN(C(=O)CC#N)C[C@H]4F)c(C#N)c3)n2)ccc1C1CCN(C)CC1. The lowest BCUT2D eigenvalue weighted by Crippen LogP contribution is -2.49. The number of nitriles is 2. The van der Waals surface area contributed by atoms with Crippen molar-refractivity contribution in [3.63, 3.8) is 0 Å². The molecule has 0 bridgehead atoms. The first-order valence-electron chi connectivity index (χ1n) is 14.1. The molecule has 10 nitrogen and oxygen atoms in total. The Kier molecular flexibility index (Phi) is 8.89. The fourth-order valence-corrected chi connectivity index (χ4v) is 5.60. The fraction of sp³-hybridized carbons (Fsp3) is 0.419. The van der Waals surface area contributed by atoms with Gasteiger partial charge in [0.25, 0.3) is 0 Å². The zero-order valence-corrected chi connectivity index (χ0v) is 23.8. The van der Waals surface area contributed by atoms with Gasteiger partial charge in [-0.3, -0.25) is 4.79 Å². The van der Waals surface area contributed by atoms with Crippen LogP contribution in [0.2, 0.25) is 0 Å². The Hall–Kier alpha value is -4.61. The molecule has 0 radical (unpaired) electrons. The molecule has 1 amide bonds. The minimum absolute atomic E-state index is 0.147. The minimum Gasteiger partial charge on any atom is -0.486 e. The van der Waals surface area contributed by atoms with E-state index in [2.05, 4.69) is 57.3 Å². The van der Waals surface area contributed by atoms with Gasteiger partial charge < -0.3 is 19.9 Å². The lowest BCUT2D eigenvalue weighted by Gasteiger charge is -2.34. The molecule has 1 N–H and O–H groups in total. The first kappa shape index (κ1) is 28.9. The largest absolute Gasteiger partial charge is 0.486 e. The van der Waals surface area contributed by atoms with Crippen LogP contribution in [0.15, 0.2) is 42.7 Å². The van der Waals surface area contributed by atoms with Gasteiger partial charge in [-0.1, -0.05) is 6.07 Å². The second kappa shape index (κ2) is 12.9. The number of carbonyl (C=O) groups is 1. The van der Waals surface area contributed by atoms with Crippen molar-refractivity contribution in [2.75, 3.05) is 38.5 Å². The summed E-state index contributed by atoms with van der Waals surface area (Å²) in [6.45, 7) is 4.49. The number of benzene rings is 2. The molecule has 0 spiro atoms. The van der Waals surface area contributed by atoms with Crippen molar-refractivity contribution in [1.82, 2.24) is 24.8 Å². The Morgan fingerprint density at radius 3 is 2.64 bits per heavy atom. The smallest absolute Gasteiger partial charge is 0.236 e. The van der Waals surface area contributed by atoms with Gasteiger partial charge in [0.1, 0.15) is 30.7 Å². The van der Waals surface area contributed by atoms with E-state index in [1.807, 2.05) is 6.07 Å². The maximum atomic E-state index is 14.8. The molecule has 5 rings (SSSR count). The average Bonchev–Trinajstić information content (AvgIpc) is 2.99. The van der Waals surface area contributed by atoms with Crippen LogP contribution in [0.3, 0.4) is 0 Å². The molecule has 2 aliphatic rings. The molecule has 2 saturated heterocycles. The standard InChI is InChI=1S/C31H33FN8O2/c1-20-15-24(4-5-25(20)21-8-12-39(2)13-9-21)37-31-36-19-35-30(38-31)22-3-6-27(23(16-22)17-34)42-28-10-14-40(18-26(28)32)29(41)7-11-33/h3-6,15-16,19,21,26,28H,7-10,12-14,18H2,1-2H3,(H,35,36,37,38)/t26-,28+/m1/s1. The predicted molar refractivity (Wildman–Crippen MR) is 155 cm³/mol. The van der Waals surface area contributed by atoms with Crippen LogP contribution in [0, 0.1) is 29.6 Å². The van der Waals surface area contributed by atoms with Crippen molar-refractivity contribution < 1.29 is 13.9 Å². The van der Waals surface area contributed by atoms with Gasteiger partial charge in [-0.25, -0.2) is 14.4 Å². The number of likely N-dealkylation sites (tertiary alicyclic amines) is 2. The molecule has 2 aliphatic heterocycles. The molecule has 0 saturated carbocycles.